The molecule has 10 nitrogen and oxygen atoms in total. The number of esters is 2. The third-order valence-electron chi connectivity index (χ3n) is 6.12. The van der Waals surface area contributed by atoms with Crippen molar-refractivity contribution in [3.05, 3.63) is 117 Å². The van der Waals surface area contributed by atoms with E-state index in [0.29, 0.717) is 27.3 Å². The van der Waals surface area contributed by atoms with Gasteiger partial charge in [-0.05, 0) is 72.2 Å². The second-order valence-corrected chi connectivity index (χ2v) is 10.9. The lowest BCUT2D eigenvalue weighted by Crippen LogP contribution is -2.29. The van der Waals surface area contributed by atoms with Crippen LogP contribution in [0.3, 0.4) is 0 Å². The van der Waals surface area contributed by atoms with Gasteiger partial charge in [0.15, 0.2) is 11.4 Å². The number of aromatic nitrogens is 4. The summed E-state index contributed by atoms with van der Waals surface area (Å²) in [5.41, 5.74) is 2.68. The van der Waals surface area contributed by atoms with Crippen LogP contribution in [0.5, 0.6) is 0 Å². The molecule has 0 aliphatic rings. The van der Waals surface area contributed by atoms with Gasteiger partial charge in [0, 0.05) is 19.7 Å². The monoisotopic (exact) mass is 758 g/mol. The molecule has 0 fully saturated rings. The summed E-state index contributed by atoms with van der Waals surface area (Å²) in [6.07, 6.45) is 0. The number of fused-ring (bicyclic) bond motifs is 2. The largest absolute Gasteiger partial charge is 0.488 e. The Morgan fingerprint density at radius 3 is 1.98 bits per heavy atom. The van der Waals surface area contributed by atoms with Crippen LogP contribution in [0, 0.1) is 11.6 Å². The molecule has 238 valence electrons. The molecule has 6 aromatic rings. The summed E-state index contributed by atoms with van der Waals surface area (Å²) in [7, 11) is 1.14. The fraction of sp³-hybridized carbons (Fsp3) is 0.0968. The van der Waals surface area contributed by atoms with Crippen LogP contribution >= 0.6 is 31.9 Å². The average molecular weight is 760 g/mol. The maximum absolute atomic E-state index is 13.5. The lowest BCUT2D eigenvalue weighted by atomic mass is 9.81. The number of hydrogen-bond acceptors (Lipinski definition) is 8. The molecule has 4 aromatic carbocycles. The Bertz CT molecular complexity index is 1990. The molecule has 6 rings (SSSR count). The summed E-state index contributed by atoms with van der Waals surface area (Å²) in [6.45, 7) is 0. The molecule has 3 N–H and O–H groups in total. The van der Waals surface area contributed by atoms with Crippen LogP contribution in [0.15, 0.2) is 93.9 Å². The number of methoxy groups -OCH3 is 2. The number of hydrogen-bond donors (Lipinski definition) is 3. The van der Waals surface area contributed by atoms with Gasteiger partial charge in [0.25, 0.3) is 0 Å². The minimum atomic E-state index is -1.38. The zero-order valence-electron chi connectivity index (χ0n) is 23.5. The fourth-order valence-corrected chi connectivity index (χ4v) is 4.85. The van der Waals surface area contributed by atoms with Crippen LogP contribution in [0.2, 0.25) is 0 Å². The standard InChI is InChI=1S/C15H10BrFN2O2.C9H7FN2O2.C6H6BBrO2.CH4/c1-21-15(20)14-12-8-10(17)5-6-13(12)19(18-14)11-4-2-3-9(16)7-11;1-14-9(13)8-6-4-5(10)2-3-7(6)11-12-8;8-6-3-1-2-5(4-6)7(9)10;/h2-8H,1H3;2-4H,1H3,(H,11,12);1-4,9-10H;1H4. The van der Waals surface area contributed by atoms with Crippen LogP contribution < -0.4 is 5.46 Å². The second-order valence-electron chi connectivity index (χ2n) is 9.08. The number of halogens is 4. The van der Waals surface area contributed by atoms with Gasteiger partial charge in [-0.15, -0.1) is 0 Å². The first kappa shape index (κ1) is 36.0. The van der Waals surface area contributed by atoms with Gasteiger partial charge in [-0.1, -0.05) is 57.5 Å². The van der Waals surface area contributed by atoms with Crippen molar-refractivity contribution in [2.24, 2.45) is 0 Å². The van der Waals surface area contributed by atoms with Gasteiger partial charge < -0.3 is 19.5 Å². The topological polar surface area (TPSA) is 140 Å². The van der Waals surface area contributed by atoms with Gasteiger partial charge in [0.05, 0.1) is 30.9 Å². The van der Waals surface area contributed by atoms with Crippen molar-refractivity contribution in [3.63, 3.8) is 0 Å². The molecule has 0 bridgehead atoms. The summed E-state index contributed by atoms with van der Waals surface area (Å²) in [5.74, 6) is -2.02. The molecule has 0 unspecified atom stereocenters. The molecule has 2 aromatic heterocycles. The molecule has 0 saturated heterocycles. The summed E-state index contributed by atoms with van der Waals surface area (Å²) in [5, 5.41) is 28.8. The van der Waals surface area contributed by atoms with Crippen molar-refractivity contribution in [2.75, 3.05) is 14.2 Å². The highest BCUT2D eigenvalue weighted by molar-refractivity contribution is 9.10. The summed E-state index contributed by atoms with van der Waals surface area (Å²) in [4.78, 5) is 23.0. The van der Waals surface area contributed by atoms with Crippen molar-refractivity contribution in [3.8, 4) is 5.69 Å². The van der Waals surface area contributed by atoms with Crippen LogP contribution in [0.1, 0.15) is 28.4 Å². The van der Waals surface area contributed by atoms with E-state index in [2.05, 4.69) is 51.9 Å². The number of carbonyl (C=O) groups excluding carboxylic acids is 2. The van der Waals surface area contributed by atoms with Gasteiger partial charge in [0.1, 0.15) is 11.6 Å². The molecular weight excluding hydrogens is 733 g/mol. The van der Waals surface area contributed by atoms with Crippen molar-refractivity contribution in [1.29, 1.82) is 0 Å². The van der Waals surface area contributed by atoms with Crippen molar-refractivity contribution in [2.45, 2.75) is 7.43 Å². The lowest BCUT2D eigenvalue weighted by molar-refractivity contribution is 0.0587. The zero-order chi connectivity index (χ0) is 32.7. The van der Waals surface area contributed by atoms with Crippen LogP contribution in [-0.4, -0.2) is 63.3 Å². The molecule has 0 aliphatic carbocycles. The Balaban J connectivity index is 0.000000200. The molecule has 2 heterocycles. The van der Waals surface area contributed by atoms with Crippen LogP contribution in [0.25, 0.3) is 27.5 Å². The third-order valence-corrected chi connectivity index (χ3v) is 7.11. The number of ether oxygens (including phenoxy) is 2. The number of benzene rings is 4. The molecule has 46 heavy (non-hydrogen) atoms. The predicted octanol–water partition coefficient (Wildman–Crippen LogP) is 5.97. The number of nitrogens with zero attached hydrogens (tertiary/aromatic N) is 3. The highest BCUT2D eigenvalue weighted by Gasteiger charge is 2.19. The van der Waals surface area contributed by atoms with E-state index in [1.165, 1.54) is 44.6 Å². The van der Waals surface area contributed by atoms with E-state index in [1.54, 1.807) is 28.9 Å². The average Bonchev–Trinajstić information content (AvgIpc) is 3.62. The predicted molar refractivity (Wildman–Crippen MR) is 178 cm³/mol. The maximum atomic E-state index is 13.5. The SMILES string of the molecule is C.COC(=O)c1n[nH]c2ccc(F)cc12.COC(=O)c1nn(-c2cccc(Br)c2)c2ccc(F)cc12.OB(O)c1cccc(Br)c1. The number of nitrogens with one attached hydrogen (secondary N) is 1. The van der Waals surface area contributed by atoms with E-state index in [0.717, 1.165) is 14.6 Å². The third kappa shape index (κ3) is 8.63. The van der Waals surface area contributed by atoms with Crippen LogP contribution in [-0.2, 0) is 9.47 Å². The van der Waals surface area contributed by atoms with E-state index < -0.39 is 30.7 Å². The first-order chi connectivity index (χ1) is 21.5. The Hall–Kier alpha value is -4.44. The molecule has 0 amide bonds. The van der Waals surface area contributed by atoms with Crippen molar-refractivity contribution < 1.29 is 37.9 Å². The fourth-order valence-electron chi connectivity index (χ4n) is 4.05. The van der Waals surface area contributed by atoms with E-state index in [4.69, 9.17) is 14.8 Å². The van der Waals surface area contributed by atoms with Gasteiger partial charge in [0.2, 0.25) is 0 Å². The molecular formula is C31H27BBr2F2N4O6. The molecule has 0 radical (unpaired) electrons. The summed E-state index contributed by atoms with van der Waals surface area (Å²) < 4.78 is 38.9. The highest BCUT2D eigenvalue weighted by atomic mass is 79.9. The second kappa shape index (κ2) is 16.2. The van der Waals surface area contributed by atoms with Gasteiger partial charge >= 0.3 is 19.1 Å². The number of H-pyrrole nitrogens is 1. The molecule has 0 aliphatic heterocycles. The lowest BCUT2D eigenvalue weighted by Gasteiger charge is -2.03. The maximum Gasteiger partial charge on any atom is 0.488 e. The van der Waals surface area contributed by atoms with Crippen LogP contribution in [0.4, 0.5) is 8.78 Å². The normalized spacial score (nSPS) is 10.2. The molecule has 0 saturated carbocycles. The minimum absolute atomic E-state index is 0. The van der Waals surface area contributed by atoms with Gasteiger partial charge in [-0.2, -0.15) is 10.2 Å². The first-order valence-corrected chi connectivity index (χ1v) is 14.5. The molecule has 0 atom stereocenters. The summed E-state index contributed by atoms with van der Waals surface area (Å²) in [6, 6.07) is 22.6. The van der Waals surface area contributed by atoms with Crippen molar-refractivity contribution in [1.82, 2.24) is 20.0 Å². The van der Waals surface area contributed by atoms with E-state index >= 15 is 0 Å². The highest BCUT2D eigenvalue weighted by Crippen LogP contribution is 2.25. The van der Waals surface area contributed by atoms with Gasteiger partial charge in [-0.3, -0.25) is 5.10 Å². The minimum Gasteiger partial charge on any atom is -0.464 e. The quantitative estimate of drug-likeness (QED) is 0.148. The van der Waals surface area contributed by atoms with E-state index in [1.807, 2.05) is 30.3 Å². The first-order valence-electron chi connectivity index (χ1n) is 12.9. The Morgan fingerprint density at radius 1 is 0.804 bits per heavy atom. The molecule has 0 spiro atoms. The zero-order valence-corrected chi connectivity index (χ0v) is 26.7. The van der Waals surface area contributed by atoms with Crippen molar-refractivity contribution >= 4 is 78.2 Å². The Kier molecular flexibility index (Phi) is 12.7. The van der Waals surface area contributed by atoms with Gasteiger partial charge in [-0.25, -0.2) is 23.1 Å². The summed E-state index contributed by atoms with van der Waals surface area (Å²) >= 11 is 6.60. The Labute approximate surface area is 279 Å². The number of rotatable bonds is 4. The smallest absolute Gasteiger partial charge is 0.464 e. The number of carbonyl (C=O) groups is 2. The van der Waals surface area contributed by atoms with E-state index in [9.17, 15) is 18.4 Å². The molecule has 15 heteroatoms. The van der Waals surface area contributed by atoms with E-state index in [-0.39, 0.29) is 18.8 Å². The Morgan fingerprint density at radius 2 is 1.39 bits per heavy atom. The number of aromatic amines is 1.